The van der Waals surface area contributed by atoms with E-state index in [2.05, 4.69) is 13.2 Å². The summed E-state index contributed by atoms with van der Waals surface area (Å²) in [7, 11) is 0. The van der Waals surface area contributed by atoms with Gasteiger partial charge < -0.3 is 0 Å². The molecule has 2 aromatic carbocycles. The molecule has 0 radical (unpaired) electrons. The Morgan fingerprint density at radius 2 is 1.50 bits per heavy atom. The van der Waals surface area contributed by atoms with Gasteiger partial charge in [-0.1, -0.05) is 66.7 Å². The number of aldehydes is 1. The molecule has 0 saturated carbocycles. The van der Waals surface area contributed by atoms with Crippen LogP contribution in [0.4, 0.5) is 0 Å². The molecule has 1 nitrogen and oxygen atoms in total. The Labute approximate surface area is 128 Å². The van der Waals surface area contributed by atoms with Crippen molar-refractivity contribution in [3.8, 4) is 11.1 Å². The number of hydrogen-bond acceptors (Lipinski definition) is 1. The molecular formula is C17H12Cl2O. The number of hydrogen-bond donors (Lipinski definition) is 0. The van der Waals surface area contributed by atoms with Gasteiger partial charge in [0.25, 0.3) is 0 Å². The molecule has 0 heterocycles. The Hall–Kier alpha value is -1.83. The number of carbonyl (C=O) groups excluding carboxylic acids is 1. The number of halogens is 2. The Balaban J connectivity index is 2.88. The second kappa shape index (κ2) is 6.08. The second-order valence-electron chi connectivity index (χ2n) is 4.15. The molecular weight excluding hydrogens is 291 g/mol. The van der Waals surface area contributed by atoms with Gasteiger partial charge in [0, 0.05) is 26.7 Å². The summed E-state index contributed by atoms with van der Waals surface area (Å²) < 4.78 is 0. The van der Waals surface area contributed by atoms with Gasteiger partial charge in [-0.2, -0.15) is 0 Å². The molecule has 20 heavy (non-hydrogen) atoms. The normalized spacial score (nSPS) is 10.1. The lowest BCUT2D eigenvalue weighted by Crippen LogP contribution is -1.96. The molecule has 0 bridgehead atoms. The first kappa shape index (κ1) is 14.6. The SMILES string of the molecule is C=Cc1c(Cl)cc(-c2ccccc2Cl)c(C=O)c1C=C. The molecule has 0 aliphatic heterocycles. The van der Waals surface area contributed by atoms with Crippen molar-refractivity contribution in [2.75, 3.05) is 0 Å². The van der Waals surface area contributed by atoms with E-state index in [0.717, 1.165) is 11.8 Å². The van der Waals surface area contributed by atoms with Gasteiger partial charge >= 0.3 is 0 Å². The van der Waals surface area contributed by atoms with Crippen LogP contribution >= 0.6 is 23.2 Å². The second-order valence-corrected chi connectivity index (χ2v) is 4.97. The Morgan fingerprint density at radius 1 is 0.850 bits per heavy atom. The van der Waals surface area contributed by atoms with Crippen molar-refractivity contribution in [2.45, 2.75) is 0 Å². The van der Waals surface area contributed by atoms with Gasteiger partial charge in [-0.15, -0.1) is 0 Å². The molecule has 0 saturated heterocycles. The standard InChI is InChI=1S/C17H12Cl2O/c1-3-11-12(4-2)17(19)9-14(15(11)10-20)13-7-5-6-8-16(13)18/h3-10H,1-2H2. The number of rotatable bonds is 4. The molecule has 0 aromatic heterocycles. The summed E-state index contributed by atoms with van der Waals surface area (Å²) in [5.74, 6) is 0. The average molecular weight is 303 g/mol. The first-order valence-electron chi connectivity index (χ1n) is 5.95. The van der Waals surface area contributed by atoms with Crippen LogP contribution in [0.5, 0.6) is 0 Å². The summed E-state index contributed by atoms with van der Waals surface area (Å²) in [4.78, 5) is 11.5. The number of carbonyl (C=O) groups is 1. The lowest BCUT2D eigenvalue weighted by molar-refractivity contribution is 0.112. The maximum Gasteiger partial charge on any atom is 0.151 e. The van der Waals surface area contributed by atoms with E-state index >= 15 is 0 Å². The van der Waals surface area contributed by atoms with Crippen LogP contribution in [-0.4, -0.2) is 6.29 Å². The van der Waals surface area contributed by atoms with Crippen molar-refractivity contribution in [3.05, 3.63) is 70.2 Å². The highest BCUT2D eigenvalue weighted by Crippen LogP contribution is 2.36. The maximum absolute atomic E-state index is 11.5. The Morgan fingerprint density at radius 3 is 2.05 bits per heavy atom. The molecule has 0 aliphatic rings. The van der Waals surface area contributed by atoms with Gasteiger partial charge in [0.15, 0.2) is 6.29 Å². The highest BCUT2D eigenvalue weighted by molar-refractivity contribution is 6.35. The van der Waals surface area contributed by atoms with Gasteiger partial charge in [0.1, 0.15) is 0 Å². The molecule has 0 aliphatic carbocycles. The molecule has 3 heteroatoms. The third-order valence-electron chi connectivity index (χ3n) is 3.09. The van der Waals surface area contributed by atoms with Crippen LogP contribution in [0.2, 0.25) is 10.0 Å². The lowest BCUT2D eigenvalue weighted by atomic mass is 9.92. The van der Waals surface area contributed by atoms with Crippen LogP contribution in [0.3, 0.4) is 0 Å². The van der Waals surface area contributed by atoms with E-state index in [4.69, 9.17) is 23.2 Å². The van der Waals surface area contributed by atoms with Crippen molar-refractivity contribution >= 4 is 41.6 Å². The third-order valence-corrected chi connectivity index (χ3v) is 3.73. The molecule has 100 valence electrons. The van der Waals surface area contributed by atoms with Crippen LogP contribution in [0.25, 0.3) is 23.3 Å². The zero-order valence-corrected chi connectivity index (χ0v) is 12.2. The fraction of sp³-hybridized carbons (Fsp3) is 0. The van der Waals surface area contributed by atoms with E-state index in [9.17, 15) is 4.79 Å². The van der Waals surface area contributed by atoms with E-state index in [1.165, 1.54) is 0 Å². The lowest BCUT2D eigenvalue weighted by Gasteiger charge is -2.14. The Kier molecular flexibility index (Phi) is 4.43. The summed E-state index contributed by atoms with van der Waals surface area (Å²) in [6, 6.07) is 9.05. The van der Waals surface area contributed by atoms with E-state index < -0.39 is 0 Å². The molecule has 0 fully saturated rings. The fourth-order valence-corrected chi connectivity index (χ4v) is 2.68. The molecule has 0 unspecified atom stereocenters. The van der Waals surface area contributed by atoms with Crippen molar-refractivity contribution in [2.24, 2.45) is 0 Å². The first-order chi connectivity index (χ1) is 9.63. The third kappa shape index (κ3) is 2.43. The summed E-state index contributed by atoms with van der Waals surface area (Å²) in [6.07, 6.45) is 4.01. The van der Waals surface area contributed by atoms with Crippen molar-refractivity contribution in [1.82, 2.24) is 0 Å². The van der Waals surface area contributed by atoms with Crippen LogP contribution in [0.15, 0.2) is 43.5 Å². The van der Waals surface area contributed by atoms with Crippen molar-refractivity contribution < 1.29 is 4.79 Å². The fourth-order valence-electron chi connectivity index (χ4n) is 2.16. The van der Waals surface area contributed by atoms with Crippen molar-refractivity contribution in [3.63, 3.8) is 0 Å². The molecule has 0 N–H and O–H groups in total. The van der Waals surface area contributed by atoms with Crippen LogP contribution in [0.1, 0.15) is 21.5 Å². The molecule has 2 aromatic rings. The van der Waals surface area contributed by atoms with Crippen LogP contribution in [-0.2, 0) is 0 Å². The zero-order chi connectivity index (χ0) is 14.7. The van der Waals surface area contributed by atoms with E-state index in [1.54, 1.807) is 24.3 Å². The minimum Gasteiger partial charge on any atom is -0.298 e. The van der Waals surface area contributed by atoms with E-state index in [0.29, 0.717) is 32.3 Å². The molecule has 0 amide bonds. The van der Waals surface area contributed by atoms with Crippen LogP contribution < -0.4 is 0 Å². The topological polar surface area (TPSA) is 17.1 Å². The summed E-state index contributed by atoms with van der Waals surface area (Å²) in [5, 5.41) is 1.07. The molecule has 0 spiro atoms. The predicted octanol–water partition coefficient (Wildman–Crippen LogP) is 5.76. The van der Waals surface area contributed by atoms with Crippen LogP contribution in [0, 0.1) is 0 Å². The monoisotopic (exact) mass is 302 g/mol. The minimum absolute atomic E-state index is 0.507. The van der Waals surface area contributed by atoms with E-state index in [-0.39, 0.29) is 0 Å². The quantitative estimate of drug-likeness (QED) is 0.656. The zero-order valence-electron chi connectivity index (χ0n) is 10.7. The highest BCUT2D eigenvalue weighted by atomic mass is 35.5. The van der Waals surface area contributed by atoms with Gasteiger partial charge in [-0.25, -0.2) is 0 Å². The molecule has 0 atom stereocenters. The summed E-state index contributed by atoms with van der Waals surface area (Å²) in [5.41, 5.74) is 3.32. The summed E-state index contributed by atoms with van der Waals surface area (Å²) in [6.45, 7) is 7.47. The van der Waals surface area contributed by atoms with Gasteiger partial charge in [0.05, 0.1) is 0 Å². The Bertz CT molecular complexity index is 702. The van der Waals surface area contributed by atoms with Gasteiger partial charge in [0.2, 0.25) is 0 Å². The van der Waals surface area contributed by atoms with Gasteiger partial charge in [-0.3, -0.25) is 4.79 Å². The highest BCUT2D eigenvalue weighted by Gasteiger charge is 2.16. The average Bonchev–Trinajstić information content (AvgIpc) is 2.46. The predicted molar refractivity (Wildman–Crippen MR) is 87.5 cm³/mol. The van der Waals surface area contributed by atoms with Gasteiger partial charge in [-0.05, 0) is 23.3 Å². The summed E-state index contributed by atoms with van der Waals surface area (Å²) >= 11 is 12.5. The van der Waals surface area contributed by atoms with E-state index in [1.807, 2.05) is 18.2 Å². The number of benzene rings is 2. The maximum atomic E-state index is 11.5. The smallest absolute Gasteiger partial charge is 0.151 e. The largest absolute Gasteiger partial charge is 0.298 e. The van der Waals surface area contributed by atoms with Crippen molar-refractivity contribution in [1.29, 1.82) is 0 Å². The molecule has 2 rings (SSSR count). The first-order valence-corrected chi connectivity index (χ1v) is 6.71. The minimum atomic E-state index is 0.507.